The van der Waals surface area contributed by atoms with Crippen molar-refractivity contribution in [2.24, 2.45) is 0 Å². The van der Waals surface area contributed by atoms with E-state index in [1.165, 1.54) is 12.0 Å². The predicted octanol–water partition coefficient (Wildman–Crippen LogP) is 0.161. The molecule has 0 aliphatic carbocycles. The molecule has 30 heavy (non-hydrogen) atoms. The van der Waals surface area contributed by atoms with Gasteiger partial charge in [-0.15, -0.1) is 0 Å². The average Bonchev–Trinajstić information content (AvgIpc) is 2.98. The maximum absolute atomic E-state index is 14.6. The molecule has 4 rings (SSSR count). The Kier molecular flexibility index (Phi) is 5.33. The number of carbonyl (C=O) groups is 3. The number of piperidine rings is 1. The van der Waals surface area contributed by atoms with Gasteiger partial charge in [-0.3, -0.25) is 19.7 Å². The lowest BCUT2D eigenvalue weighted by Gasteiger charge is -2.46. The van der Waals surface area contributed by atoms with Crippen molar-refractivity contribution in [3.8, 4) is 0 Å². The lowest BCUT2D eigenvalue weighted by atomic mass is 9.88. The Hall–Kier alpha value is -2.43. The number of hydrogen-bond acceptors (Lipinski definition) is 6. The smallest absolute Gasteiger partial charge is 0.291 e. The summed E-state index contributed by atoms with van der Waals surface area (Å²) >= 11 is 0. The number of imide groups is 1. The highest BCUT2D eigenvalue weighted by Crippen LogP contribution is 2.35. The van der Waals surface area contributed by atoms with Gasteiger partial charge in [-0.05, 0) is 17.5 Å². The fraction of sp³-hybridized carbons (Fsp3) is 0.550. The van der Waals surface area contributed by atoms with Crippen LogP contribution in [0.1, 0.15) is 34.3 Å². The molecule has 0 aromatic heterocycles. The van der Waals surface area contributed by atoms with Crippen LogP contribution in [-0.2, 0) is 27.4 Å². The van der Waals surface area contributed by atoms with Gasteiger partial charge in [0.1, 0.15) is 6.04 Å². The lowest BCUT2D eigenvalue weighted by Crippen LogP contribution is -2.71. The molecule has 0 saturated carbocycles. The molecule has 3 aliphatic heterocycles. The number of nitrogens with zero attached hydrogens (tertiary/aromatic N) is 1. The number of rotatable bonds is 7. The van der Waals surface area contributed by atoms with Gasteiger partial charge in [-0.25, -0.2) is 8.78 Å². The largest absolute Gasteiger partial charge is 0.369 e. The molecule has 0 bridgehead atoms. The van der Waals surface area contributed by atoms with Gasteiger partial charge in [0.15, 0.2) is 5.60 Å². The molecule has 2 saturated heterocycles. The van der Waals surface area contributed by atoms with Crippen LogP contribution in [0, 0.1) is 0 Å². The molecule has 1 atom stereocenters. The van der Waals surface area contributed by atoms with E-state index in [2.05, 4.69) is 16.0 Å². The number of alkyl halides is 2. The van der Waals surface area contributed by atoms with E-state index in [0.29, 0.717) is 11.1 Å². The van der Waals surface area contributed by atoms with Gasteiger partial charge in [-0.2, -0.15) is 0 Å². The summed E-state index contributed by atoms with van der Waals surface area (Å²) in [6.45, 7) is -0.0856. The minimum Gasteiger partial charge on any atom is -0.369 e. The Balaban J connectivity index is 1.45. The normalized spacial score (nSPS) is 23.2. The van der Waals surface area contributed by atoms with Crippen molar-refractivity contribution in [2.45, 2.75) is 43.5 Å². The zero-order valence-electron chi connectivity index (χ0n) is 16.6. The number of benzene rings is 1. The highest BCUT2D eigenvalue weighted by atomic mass is 19.3. The highest BCUT2D eigenvalue weighted by Gasteiger charge is 2.57. The summed E-state index contributed by atoms with van der Waals surface area (Å²) in [5.74, 6) is -4.22. The van der Waals surface area contributed by atoms with E-state index in [9.17, 15) is 23.2 Å². The van der Waals surface area contributed by atoms with E-state index >= 15 is 0 Å². The van der Waals surface area contributed by atoms with Crippen LogP contribution in [0.5, 0.6) is 0 Å². The molecule has 3 aliphatic rings. The van der Waals surface area contributed by atoms with Crippen molar-refractivity contribution in [2.75, 3.05) is 26.7 Å². The summed E-state index contributed by atoms with van der Waals surface area (Å²) in [5.41, 5.74) is 0.259. The summed E-state index contributed by atoms with van der Waals surface area (Å²) < 4.78 is 34.2. The molecule has 3 N–H and O–H groups in total. The summed E-state index contributed by atoms with van der Waals surface area (Å²) in [6.07, 6.45) is 0.452. The molecule has 1 unspecified atom stereocenters. The van der Waals surface area contributed by atoms with Crippen LogP contribution in [0.4, 0.5) is 8.78 Å². The third kappa shape index (κ3) is 3.38. The molecule has 1 aromatic carbocycles. The monoisotopic (exact) mass is 422 g/mol. The van der Waals surface area contributed by atoms with Crippen LogP contribution in [0.3, 0.4) is 0 Å². The van der Waals surface area contributed by atoms with Gasteiger partial charge >= 0.3 is 0 Å². The first-order valence-corrected chi connectivity index (χ1v) is 9.88. The lowest BCUT2D eigenvalue weighted by molar-refractivity contribution is -0.215. The van der Waals surface area contributed by atoms with Gasteiger partial charge in [0, 0.05) is 45.3 Å². The van der Waals surface area contributed by atoms with Gasteiger partial charge < -0.3 is 20.3 Å². The number of ether oxygens (including phenoxy) is 1. The molecular weight excluding hydrogens is 398 g/mol. The summed E-state index contributed by atoms with van der Waals surface area (Å²) in [4.78, 5) is 38.0. The van der Waals surface area contributed by atoms with E-state index in [0.717, 1.165) is 5.56 Å². The van der Waals surface area contributed by atoms with Crippen LogP contribution in [0.2, 0.25) is 0 Å². The van der Waals surface area contributed by atoms with Crippen molar-refractivity contribution in [1.29, 1.82) is 0 Å². The van der Waals surface area contributed by atoms with Gasteiger partial charge in [0.25, 0.3) is 11.8 Å². The van der Waals surface area contributed by atoms with Gasteiger partial charge in [0.2, 0.25) is 11.8 Å². The zero-order valence-corrected chi connectivity index (χ0v) is 16.6. The molecule has 3 heterocycles. The summed E-state index contributed by atoms with van der Waals surface area (Å²) in [7, 11) is 1.28. The number of methoxy groups -OCH3 is 1. The van der Waals surface area contributed by atoms with Crippen LogP contribution in [-0.4, -0.2) is 66.9 Å². The Morgan fingerprint density at radius 2 is 2.07 bits per heavy atom. The van der Waals surface area contributed by atoms with Crippen molar-refractivity contribution < 1.29 is 27.9 Å². The summed E-state index contributed by atoms with van der Waals surface area (Å²) in [6, 6.07) is 4.56. The Morgan fingerprint density at radius 1 is 1.30 bits per heavy atom. The van der Waals surface area contributed by atoms with Gasteiger partial charge in [-0.1, -0.05) is 18.2 Å². The number of carbonyl (C=O) groups excluding carboxylic acids is 3. The molecule has 162 valence electrons. The van der Waals surface area contributed by atoms with Crippen LogP contribution in [0.15, 0.2) is 18.2 Å². The van der Waals surface area contributed by atoms with Crippen LogP contribution in [0.25, 0.3) is 0 Å². The standard InChI is InChI=1S/C20H24F2N4O4/c1-30-19(9-24-10-19)20(21,22)11-23-7-12-3-2-4-13-8-26(18(29)16(12)13)14-5-6-15(27)25-17(14)28/h2-4,14,23-24H,5-11H2,1H3,(H,25,27,28). The highest BCUT2D eigenvalue weighted by molar-refractivity contribution is 6.05. The van der Waals surface area contributed by atoms with Crippen molar-refractivity contribution in [1.82, 2.24) is 20.9 Å². The van der Waals surface area contributed by atoms with Crippen molar-refractivity contribution in [3.05, 3.63) is 34.9 Å². The maximum Gasteiger partial charge on any atom is 0.291 e. The molecule has 10 heteroatoms. The fourth-order valence-electron chi connectivity index (χ4n) is 4.26. The number of halogens is 2. The van der Waals surface area contributed by atoms with Crippen molar-refractivity contribution >= 4 is 17.7 Å². The maximum atomic E-state index is 14.6. The molecule has 0 spiro atoms. The van der Waals surface area contributed by atoms with E-state index < -0.39 is 30.0 Å². The number of fused-ring (bicyclic) bond motifs is 1. The molecule has 3 amide bonds. The topological polar surface area (TPSA) is 99.8 Å². The first-order chi connectivity index (χ1) is 14.3. The first-order valence-electron chi connectivity index (χ1n) is 9.88. The second-order valence-corrected chi connectivity index (χ2v) is 7.96. The predicted molar refractivity (Wildman–Crippen MR) is 102 cm³/mol. The molecule has 0 radical (unpaired) electrons. The Morgan fingerprint density at radius 3 is 2.70 bits per heavy atom. The van der Waals surface area contributed by atoms with E-state index in [1.54, 1.807) is 18.2 Å². The molecular formula is C20H24F2N4O4. The molecule has 8 nitrogen and oxygen atoms in total. The first kappa shape index (κ1) is 20.8. The van der Waals surface area contributed by atoms with Crippen molar-refractivity contribution in [3.63, 3.8) is 0 Å². The van der Waals surface area contributed by atoms with Gasteiger partial charge in [0.05, 0.1) is 6.54 Å². The van der Waals surface area contributed by atoms with Crippen LogP contribution < -0.4 is 16.0 Å². The Bertz CT molecular complexity index is 882. The minimum atomic E-state index is -3.08. The zero-order chi connectivity index (χ0) is 21.5. The molecule has 2 fully saturated rings. The second-order valence-electron chi connectivity index (χ2n) is 7.96. The average molecular weight is 422 g/mol. The fourth-order valence-corrected chi connectivity index (χ4v) is 4.26. The number of hydrogen-bond donors (Lipinski definition) is 3. The SMILES string of the molecule is COC1(C(F)(F)CNCc2cccc3c2C(=O)N(C2CCC(=O)NC2=O)C3)CNC1. The van der Waals surface area contributed by atoms with E-state index in [4.69, 9.17) is 4.74 Å². The number of amides is 3. The minimum absolute atomic E-state index is 0.0817. The second kappa shape index (κ2) is 7.68. The molecule has 1 aromatic rings. The third-order valence-electron chi connectivity index (χ3n) is 6.18. The quantitative estimate of drug-likeness (QED) is 0.542. The van der Waals surface area contributed by atoms with Crippen LogP contribution >= 0.6 is 0 Å². The third-order valence-corrected chi connectivity index (χ3v) is 6.18. The van der Waals surface area contributed by atoms with E-state index in [1.807, 2.05) is 0 Å². The number of nitrogens with one attached hydrogen (secondary N) is 3. The summed E-state index contributed by atoms with van der Waals surface area (Å²) in [5, 5.41) is 7.83. The Labute approximate surface area is 172 Å². The van der Waals surface area contributed by atoms with E-state index in [-0.39, 0.29) is 50.8 Å².